The second-order valence-corrected chi connectivity index (χ2v) is 6.56. The van der Waals surface area contributed by atoms with Crippen molar-refractivity contribution in [1.82, 2.24) is 0 Å². The molecular formula is C24H20Cl2NZr. The molecule has 4 heteroatoms. The minimum Gasteiger partial charge on any atom is -1.00 e. The van der Waals surface area contributed by atoms with E-state index in [0.29, 0.717) is 0 Å². The Kier molecular flexibility index (Phi) is 9.44. The molecule has 139 valence electrons. The number of allylic oxidation sites excluding steroid dienone is 5. The zero-order valence-corrected chi connectivity index (χ0v) is 19.8. The van der Waals surface area contributed by atoms with Crippen molar-refractivity contribution in [3.05, 3.63) is 101 Å². The zero-order chi connectivity index (χ0) is 17.2. The van der Waals surface area contributed by atoms with E-state index >= 15 is 0 Å². The van der Waals surface area contributed by atoms with E-state index in [1.165, 1.54) is 44.2 Å². The molecule has 0 saturated carbocycles. The molecule has 0 saturated heterocycles. The minimum absolute atomic E-state index is 0. The van der Waals surface area contributed by atoms with Gasteiger partial charge in [-0.15, -0.1) is 34.5 Å². The molecule has 0 unspecified atom stereocenters. The van der Waals surface area contributed by atoms with Gasteiger partial charge in [0.05, 0.1) is 0 Å². The topological polar surface area (TPSA) is 12.4 Å². The van der Waals surface area contributed by atoms with Crippen LogP contribution >= 0.6 is 0 Å². The molecule has 1 aliphatic carbocycles. The molecule has 5 rings (SSSR count). The maximum absolute atomic E-state index is 4.00. The van der Waals surface area contributed by atoms with Crippen LogP contribution in [0.25, 0.3) is 21.9 Å². The van der Waals surface area contributed by atoms with Crippen LogP contribution in [0.1, 0.15) is 12.5 Å². The quantitative estimate of drug-likeness (QED) is 0.443. The summed E-state index contributed by atoms with van der Waals surface area (Å²) in [6.45, 7) is 4.24. The molecule has 0 spiro atoms. The number of benzene rings is 2. The molecule has 0 fully saturated rings. The fraction of sp³-hybridized carbons (Fsp3) is 0.0833. The van der Waals surface area contributed by atoms with Crippen LogP contribution in [0.5, 0.6) is 0 Å². The van der Waals surface area contributed by atoms with E-state index in [1.807, 2.05) is 12.4 Å². The Labute approximate surface area is 198 Å². The molecule has 2 aliphatic rings. The van der Waals surface area contributed by atoms with Crippen LogP contribution in [-0.4, -0.2) is 6.21 Å². The third-order valence-corrected chi connectivity index (χ3v) is 4.51. The van der Waals surface area contributed by atoms with Crippen molar-refractivity contribution in [3.8, 4) is 11.1 Å². The fourth-order valence-corrected chi connectivity index (χ4v) is 3.37. The standard InChI is InChI=1S/C16H13.C8H7N.2ClH.Zr/c1-12-10-14-8-5-9-15(16(14)11-12)13-6-3-2-4-7-13;1-6-2-7-4-9-5-8(7)3-6;;;/h2-11H,1H3;2-5H,1H3;2*1H;/q-1;;;;+3/p-2. The first kappa shape index (κ1) is 24.4. The van der Waals surface area contributed by atoms with Gasteiger partial charge in [-0.05, 0) is 30.2 Å². The molecule has 3 aromatic rings. The Hall–Kier alpha value is -1.60. The van der Waals surface area contributed by atoms with Crippen LogP contribution in [0.2, 0.25) is 0 Å². The number of hydrogen-bond acceptors (Lipinski definition) is 1. The second kappa shape index (κ2) is 10.8. The Morgan fingerprint density at radius 3 is 2.29 bits per heavy atom. The van der Waals surface area contributed by atoms with Crippen LogP contribution in [0.3, 0.4) is 0 Å². The monoisotopic (exact) mass is 482 g/mol. The average Bonchev–Trinajstić information content (AvgIpc) is 3.29. The fourth-order valence-electron chi connectivity index (χ4n) is 3.37. The van der Waals surface area contributed by atoms with Crippen LogP contribution in [0.15, 0.2) is 101 Å². The van der Waals surface area contributed by atoms with Gasteiger partial charge < -0.3 is 24.8 Å². The minimum atomic E-state index is 0. The Bertz CT molecular complexity index is 1060. The molecule has 28 heavy (non-hydrogen) atoms. The molecule has 0 aromatic heterocycles. The molecule has 3 aromatic carbocycles. The van der Waals surface area contributed by atoms with Crippen LogP contribution in [-0.2, 0) is 26.2 Å². The van der Waals surface area contributed by atoms with Crippen molar-refractivity contribution in [3.63, 3.8) is 0 Å². The summed E-state index contributed by atoms with van der Waals surface area (Å²) in [4.78, 5) is 4.00. The Morgan fingerprint density at radius 2 is 1.57 bits per heavy atom. The van der Waals surface area contributed by atoms with Crippen molar-refractivity contribution in [2.75, 3.05) is 0 Å². The van der Waals surface area contributed by atoms with Crippen LogP contribution in [0.4, 0.5) is 0 Å². The first-order valence-electron chi connectivity index (χ1n) is 8.56. The van der Waals surface area contributed by atoms with Crippen LogP contribution < -0.4 is 24.8 Å². The summed E-state index contributed by atoms with van der Waals surface area (Å²) in [6.07, 6.45) is 8.06. The van der Waals surface area contributed by atoms with Crippen molar-refractivity contribution in [2.24, 2.45) is 4.99 Å². The molecule has 1 nitrogen and oxygen atoms in total. The van der Waals surface area contributed by atoms with Crippen molar-refractivity contribution < 1.29 is 51.0 Å². The van der Waals surface area contributed by atoms with Gasteiger partial charge in [0, 0.05) is 23.6 Å². The predicted molar refractivity (Wildman–Crippen MR) is 108 cm³/mol. The van der Waals surface area contributed by atoms with Crippen molar-refractivity contribution in [1.29, 1.82) is 0 Å². The summed E-state index contributed by atoms with van der Waals surface area (Å²) < 4.78 is 0. The maximum Gasteiger partial charge on any atom is 3.00 e. The van der Waals surface area contributed by atoms with Gasteiger partial charge in [0.15, 0.2) is 0 Å². The van der Waals surface area contributed by atoms with Gasteiger partial charge >= 0.3 is 26.2 Å². The van der Waals surface area contributed by atoms with Gasteiger partial charge in [-0.3, -0.25) is 4.99 Å². The van der Waals surface area contributed by atoms with Gasteiger partial charge in [-0.2, -0.15) is 6.07 Å². The second-order valence-electron chi connectivity index (χ2n) is 6.56. The maximum atomic E-state index is 4.00. The van der Waals surface area contributed by atoms with E-state index in [4.69, 9.17) is 0 Å². The SMILES string of the molecule is CC1=CC2=CN=CC2=C1.Cc1cc2c(-c3ccccc3)cccc2[cH-]1.[Cl-].[Cl-].[Zr+3]. The van der Waals surface area contributed by atoms with Crippen LogP contribution in [0, 0.1) is 6.92 Å². The normalized spacial score (nSPS) is 13.0. The predicted octanol–water partition coefficient (Wildman–Crippen LogP) is 0.381. The average molecular weight is 485 g/mol. The smallest absolute Gasteiger partial charge is 1.00 e. The number of hydrogen-bond donors (Lipinski definition) is 0. The summed E-state index contributed by atoms with van der Waals surface area (Å²) in [5.41, 5.74) is 7.78. The number of fused-ring (bicyclic) bond motifs is 2. The van der Waals surface area contributed by atoms with E-state index in [1.54, 1.807) is 0 Å². The van der Waals surface area contributed by atoms with E-state index < -0.39 is 0 Å². The molecule has 1 heterocycles. The van der Waals surface area contributed by atoms with Crippen molar-refractivity contribution in [2.45, 2.75) is 13.8 Å². The molecule has 0 N–H and O–H groups in total. The molecule has 0 bridgehead atoms. The van der Waals surface area contributed by atoms with E-state index in [0.717, 1.165) is 0 Å². The number of halogens is 2. The Balaban J connectivity index is 0.000000284. The Morgan fingerprint density at radius 1 is 0.821 bits per heavy atom. The molecule has 0 atom stereocenters. The molecule has 1 radical (unpaired) electrons. The first-order chi connectivity index (χ1) is 12.2. The van der Waals surface area contributed by atoms with E-state index in [2.05, 4.69) is 91.7 Å². The summed E-state index contributed by atoms with van der Waals surface area (Å²) in [5, 5.41) is 2.69. The van der Waals surface area contributed by atoms with E-state index in [9.17, 15) is 0 Å². The van der Waals surface area contributed by atoms with Crippen molar-refractivity contribution >= 4 is 17.0 Å². The molecule has 0 amide bonds. The third-order valence-electron chi connectivity index (χ3n) is 4.51. The summed E-state index contributed by atoms with van der Waals surface area (Å²) >= 11 is 0. The molecular weight excluding hydrogens is 464 g/mol. The number of nitrogens with zero attached hydrogens (tertiary/aromatic N) is 1. The van der Waals surface area contributed by atoms with Gasteiger partial charge in [-0.25, -0.2) is 0 Å². The van der Waals surface area contributed by atoms with Gasteiger partial charge in [0.2, 0.25) is 0 Å². The third kappa shape index (κ3) is 5.26. The number of aryl methyl sites for hydroxylation is 1. The summed E-state index contributed by atoms with van der Waals surface area (Å²) in [5.74, 6) is 0. The summed E-state index contributed by atoms with van der Waals surface area (Å²) in [7, 11) is 0. The number of rotatable bonds is 1. The van der Waals surface area contributed by atoms with Gasteiger partial charge in [0.1, 0.15) is 0 Å². The largest absolute Gasteiger partial charge is 3.00 e. The first-order valence-corrected chi connectivity index (χ1v) is 8.56. The van der Waals surface area contributed by atoms with Gasteiger partial charge in [-0.1, -0.05) is 48.9 Å². The zero-order valence-electron chi connectivity index (χ0n) is 15.8. The number of aliphatic imine (C=N–C) groups is 1. The molecule has 1 aliphatic heterocycles. The van der Waals surface area contributed by atoms with E-state index in [-0.39, 0.29) is 51.0 Å². The van der Waals surface area contributed by atoms with Gasteiger partial charge in [0.25, 0.3) is 0 Å². The summed E-state index contributed by atoms with van der Waals surface area (Å²) in [6, 6.07) is 21.6.